The summed E-state index contributed by atoms with van der Waals surface area (Å²) < 4.78 is 10.9. The Hall–Kier alpha value is -0.850. The number of methoxy groups -OCH3 is 1. The largest absolute Gasteiger partial charge is 0.396 e. The molecule has 1 saturated heterocycles. The Labute approximate surface area is 141 Å². The summed E-state index contributed by atoms with van der Waals surface area (Å²) in [4.78, 5) is 7.00. The maximum absolute atomic E-state index is 9.37. The maximum Gasteiger partial charge on any atom is 0.193 e. The molecule has 0 aliphatic carbocycles. The van der Waals surface area contributed by atoms with Crippen molar-refractivity contribution in [1.29, 1.82) is 0 Å². The standard InChI is InChI=1S/C17H35N3O3/c1-5-18-16(19-13-17(2,3)14-21)20-9-7-15(8-10-20)23-12-6-11-22-4/h15,21H,5-14H2,1-4H3,(H,18,19). The Balaban J connectivity index is 2.42. The van der Waals surface area contributed by atoms with Gasteiger partial charge in [-0.2, -0.15) is 0 Å². The Kier molecular flexibility index (Phi) is 9.52. The molecule has 1 aliphatic heterocycles. The molecular formula is C17H35N3O3. The Morgan fingerprint density at radius 2 is 2.00 bits per heavy atom. The quantitative estimate of drug-likeness (QED) is 0.381. The third-order valence-corrected chi connectivity index (χ3v) is 4.01. The average Bonchev–Trinajstić information content (AvgIpc) is 2.56. The minimum Gasteiger partial charge on any atom is -0.396 e. The van der Waals surface area contributed by atoms with Gasteiger partial charge in [-0.1, -0.05) is 13.8 Å². The predicted molar refractivity (Wildman–Crippen MR) is 93.9 cm³/mol. The van der Waals surface area contributed by atoms with Crippen LogP contribution in [0, 0.1) is 5.41 Å². The van der Waals surface area contributed by atoms with Gasteiger partial charge in [-0.15, -0.1) is 0 Å². The fourth-order valence-corrected chi connectivity index (χ4v) is 2.45. The van der Waals surface area contributed by atoms with E-state index in [1.807, 2.05) is 13.8 Å². The van der Waals surface area contributed by atoms with Gasteiger partial charge in [-0.05, 0) is 26.2 Å². The summed E-state index contributed by atoms with van der Waals surface area (Å²) in [5.41, 5.74) is -0.177. The van der Waals surface area contributed by atoms with E-state index in [1.165, 1.54) is 0 Å². The number of likely N-dealkylation sites (tertiary alicyclic amines) is 1. The highest BCUT2D eigenvalue weighted by Gasteiger charge is 2.23. The fraction of sp³-hybridized carbons (Fsp3) is 0.941. The van der Waals surface area contributed by atoms with Crippen LogP contribution in [0.4, 0.5) is 0 Å². The lowest BCUT2D eigenvalue weighted by Gasteiger charge is -2.34. The molecule has 6 nitrogen and oxygen atoms in total. The lowest BCUT2D eigenvalue weighted by molar-refractivity contribution is 0.00986. The summed E-state index contributed by atoms with van der Waals surface area (Å²) in [5, 5.41) is 12.7. The third-order valence-electron chi connectivity index (χ3n) is 4.01. The monoisotopic (exact) mass is 329 g/mol. The number of hydrogen-bond acceptors (Lipinski definition) is 4. The first kappa shape index (κ1) is 20.2. The number of nitrogens with one attached hydrogen (secondary N) is 1. The molecule has 1 fully saturated rings. The second-order valence-electron chi connectivity index (χ2n) is 6.90. The molecule has 0 aromatic rings. The minimum atomic E-state index is -0.177. The van der Waals surface area contributed by atoms with Crippen LogP contribution in [0.25, 0.3) is 0 Å². The molecule has 6 heteroatoms. The number of rotatable bonds is 9. The molecule has 0 unspecified atom stereocenters. The van der Waals surface area contributed by atoms with E-state index in [9.17, 15) is 5.11 Å². The van der Waals surface area contributed by atoms with Crippen molar-refractivity contribution in [2.75, 3.05) is 53.1 Å². The molecule has 1 aliphatic rings. The van der Waals surface area contributed by atoms with Crippen molar-refractivity contribution in [3.05, 3.63) is 0 Å². The van der Waals surface area contributed by atoms with Gasteiger partial charge in [0.05, 0.1) is 12.6 Å². The molecule has 136 valence electrons. The number of nitrogens with zero attached hydrogens (tertiary/aromatic N) is 2. The number of guanidine groups is 1. The van der Waals surface area contributed by atoms with Gasteiger partial charge in [0.1, 0.15) is 0 Å². The Morgan fingerprint density at radius 1 is 1.30 bits per heavy atom. The summed E-state index contributed by atoms with van der Waals surface area (Å²) in [6.07, 6.45) is 3.36. The van der Waals surface area contributed by atoms with Gasteiger partial charge >= 0.3 is 0 Å². The molecule has 0 aromatic carbocycles. The predicted octanol–water partition coefficient (Wildman–Crippen LogP) is 1.49. The highest BCUT2D eigenvalue weighted by molar-refractivity contribution is 5.80. The SMILES string of the molecule is CCNC(=NCC(C)(C)CO)N1CCC(OCCCOC)CC1. The number of hydrogen-bond donors (Lipinski definition) is 2. The number of ether oxygens (including phenoxy) is 2. The first-order chi connectivity index (χ1) is 11.0. The molecule has 1 rings (SSSR count). The lowest BCUT2D eigenvalue weighted by atomic mass is 9.95. The van der Waals surface area contributed by atoms with E-state index in [4.69, 9.17) is 14.5 Å². The van der Waals surface area contributed by atoms with Crippen molar-refractivity contribution in [2.45, 2.75) is 46.1 Å². The molecule has 0 radical (unpaired) electrons. The second kappa shape index (κ2) is 10.8. The van der Waals surface area contributed by atoms with E-state index in [0.717, 1.165) is 58.1 Å². The van der Waals surface area contributed by atoms with Crippen LogP contribution in [0.15, 0.2) is 4.99 Å². The van der Waals surface area contributed by atoms with Crippen molar-refractivity contribution in [2.24, 2.45) is 10.4 Å². The van der Waals surface area contributed by atoms with Gasteiger partial charge in [0, 0.05) is 52.0 Å². The number of aliphatic hydroxyl groups excluding tert-OH is 1. The first-order valence-corrected chi connectivity index (χ1v) is 8.77. The summed E-state index contributed by atoms with van der Waals surface area (Å²) >= 11 is 0. The van der Waals surface area contributed by atoms with Gasteiger partial charge in [0.15, 0.2) is 5.96 Å². The lowest BCUT2D eigenvalue weighted by Crippen LogP contribution is -2.47. The molecule has 0 bridgehead atoms. The molecule has 0 amide bonds. The van der Waals surface area contributed by atoms with Crippen LogP contribution in [0.5, 0.6) is 0 Å². The zero-order valence-corrected chi connectivity index (χ0v) is 15.3. The van der Waals surface area contributed by atoms with Crippen molar-refractivity contribution in [3.8, 4) is 0 Å². The number of piperidine rings is 1. The van der Waals surface area contributed by atoms with Crippen LogP contribution in [0.1, 0.15) is 40.0 Å². The van der Waals surface area contributed by atoms with Crippen LogP contribution < -0.4 is 5.32 Å². The van der Waals surface area contributed by atoms with E-state index < -0.39 is 0 Å². The molecule has 0 atom stereocenters. The van der Waals surface area contributed by atoms with Crippen molar-refractivity contribution >= 4 is 5.96 Å². The number of aliphatic hydroxyl groups is 1. The van der Waals surface area contributed by atoms with Gasteiger partial charge in [0.25, 0.3) is 0 Å². The van der Waals surface area contributed by atoms with Crippen molar-refractivity contribution in [3.63, 3.8) is 0 Å². The fourth-order valence-electron chi connectivity index (χ4n) is 2.45. The molecule has 1 heterocycles. The van der Waals surface area contributed by atoms with Crippen molar-refractivity contribution in [1.82, 2.24) is 10.2 Å². The highest BCUT2D eigenvalue weighted by Crippen LogP contribution is 2.16. The topological polar surface area (TPSA) is 66.3 Å². The minimum absolute atomic E-state index is 0.146. The summed E-state index contributed by atoms with van der Waals surface area (Å²) in [6, 6.07) is 0. The molecule has 0 spiro atoms. The zero-order valence-electron chi connectivity index (χ0n) is 15.3. The van der Waals surface area contributed by atoms with E-state index in [2.05, 4.69) is 17.1 Å². The molecule has 0 aromatic heterocycles. The smallest absolute Gasteiger partial charge is 0.193 e. The summed E-state index contributed by atoms with van der Waals surface area (Å²) in [7, 11) is 1.72. The van der Waals surface area contributed by atoms with Gasteiger partial charge < -0.3 is 24.8 Å². The van der Waals surface area contributed by atoms with Gasteiger partial charge in [-0.25, -0.2) is 0 Å². The van der Waals surface area contributed by atoms with Crippen LogP contribution in [0.2, 0.25) is 0 Å². The van der Waals surface area contributed by atoms with E-state index in [-0.39, 0.29) is 12.0 Å². The van der Waals surface area contributed by atoms with Crippen LogP contribution in [0.3, 0.4) is 0 Å². The molecular weight excluding hydrogens is 294 g/mol. The van der Waals surface area contributed by atoms with Crippen molar-refractivity contribution < 1.29 is 14.6 Å². The first-order valence-electron chi connectivity index (χ1n) is 8.77. The van der Waals surface area contributed by atoms with E-state index >= 15 is 0 Å². The molecule has 0 saturated carbocycles. The molecule has 2 N–H and O–H groups in total. The summed E-state index contributed by atoms with van der Waals surface area (Å²) in [5.74, 6) is 0.951. The Bertz CT molecular complexity index is 340. The second-order valence-corrected chi connectivity index (χ2v) is 6.90. The van der Waals surface area contributed by atoms with Crippen LogP contribution in [-0.4, -0.2) is 75.2 Å². The van der Waals surface area contributed by atoms with Gasteiger partial charge in [-0.3, -0.25) is 4.99 Å². The molecule has 23 heavy (non-hydrogen) atoms. The normalized spacial score (nSPS) is 17.6. The summed E-state index contributed by atoms with van der Waals surface area (Å²) in [6.45, 7) is 11.2. The average molecular weight is 329 g/mol. The third kappa shape index (κ3) is 7.99. The highest BCUT2D eigenvalue weighted by atomic mass is 16.5. The maximum atomic E-state index is 9.37. The Morgan fingerprint density at radius 3 is 2.57 bits per heavy atom. The van der Waals surface area contributed by atoms with Gasteiger partial charge in [0.2, 0.25) is 0 Å². The van der Waals surface area contributed by atoms with E-state index in [0.29, 0.717) is 12.6 Å². The van der Waals surface area contributed by atoms with Crippen LogP contribution >= 0.6 is 0 Å². The number of aliphatic imine (C=N–C) groups is 1. The zero-order chi connectivity index (χ0) is 17.1. The van der Waals surface area contributed by atoms with Crippen LogP contribution in [-0.2, 0) is 9.47 Å². The van der Waals surface area contributed by atoms with E-state index in [1.54, 1.807) is 7.11 Å².